The maximum Gasteiger partial charge on any atom is 0.249 e. The number of aryl methyl sites for hydroxylation is 2. The first-order valence-corrected chi connectivity index (χ1v) is 9.78. The lowest BCUT2D eigenvalue weighted by molar-refractivity contribution is -0.141. The summed E-state index contributed by atoms with van der Waals surface area (Å²) < 4.78 is 6.04. The second-order valence-corrected chi connectivity index (χ2v) is 7.58. The number of piperidine rings is 1. The summed E-state index contributed by atoms with van der Waals surface area (Å²) >= 11 is 6.08. The highest BCUT2D eigenvalue weighted by Gasteiger charge is 2.31. The number of hydrogen-bond donors (Lipinski definition) is 1. The monoisotopic (exact) mass is 414 g/mol. The van der Waals surface area contributed by atoms with E-state index < -0.39 is 11.9 Å². The highest BCUT2D eigenvalue weighted by atomic mass is 35.5. The summed E-state index contributed by atoms with van der Waals surface area (Å²) in [5, 5.41) is 3.00. The molecule has 7 heteroatoms. The van der Waals surface area contributed by atoms with Crippen LogP contribution in [0.5, 0.6) is 5.75 Å². The Kier molecular flexibility index (Phi) is 6.54. The molecular formula is C22H23ClN2O4. The van der Waals surface area contributed by atoms with Crippen molar-refractivity contribution in [3.8, 4) is 5.75 Å². The second kappa shape index (κ2) is 9.09. The van der Waals surface area contributed by atoms with Gasteiger partial charge in [-0.15, -0.1) is 0 Å². The number of imide groups is 1. The van der Waals surface area contributed by atoms with Crippen molar-refractivity contribution in [2.45, 2.75) is 45.9 Å². The Morgan fingerprint density at radius 1 is 1.21 bits per heavy atom. The van der Waals surface area contributed by atoms with Crippen LogP contribution in [0.3, 0.4) is 0 Å². The fourth-order valence-electron chi connectivity index (χ4n) is 3.37. The lowest BCUT2D eigenvalue weighted by Crippen LogP contribution is -2.51. The minimum Gasteiger partial charge on any atom is -0.489 e. The summed E-state index contributed by atoms with van der Waals surface area (Å²) in [6.45, 7) is 4.44. The number of halogens is 1. The topological polar surface area (TPSA) is 75.7 Å². The van der Waals surface area contributed by atoms with E-state index in [0.717, 1.165) is 22.3 Å². The zero-order chi connectivity index (χ0) is 21.0. The minimum atomic E-state index is -0.670. The van der Waals surface area contributed by atoms with Crippen LogP contribution in [0.25, 0.3) is 0 Å². The molecule has 0 aliphatic carbocycles. The summed E-state index contributed by atoms with van der Waals surface area (Å²) in [6, 6.07) is 10.7. The number of carbonyl (C=O) groups is 3. The van der Waals surface area contributed by atoms with Gasteiger partial charge in [-0.25, -0.2) is 0 Å². The van der Waals surface area contributed by atoms with E-state index >= 15 is 0 Å². The molecule has 2 aromatic carbocycles. The molecule has 1 saturated heterocycles. The van der Waals surface area contributed by atoms with Crippen molar-refractivity contribution < 1.29 is 19.1 Å². The van der Waals surface area contributed by atoms with E-state index in [2.05, 4.69) is 5.32 Å². The third-order valence-corrected chi connectivity index (χ3v) is 5.49. The van der Waals surface area contributed by atoms with E-state index in [9.17, 15) is 14.4 Å². The first-order chi connectivity index (χ1) is 13.9. The molecule has 0 spiro atoms. The van der Waals surface area contributed by atoms with E-state index in [1.165, 1.54) is 4.90 Å². The van der Waals surface area contributed by atoms with Crippen LogP contribution in [-0.2, 0) is 27.5 Å². The molecule has 1 atom stereocenters. The quantitative estimate of drug-likeness (QED) is 0.557. The molecule has 1 N–H and O–H groups in total. The molecule has 1 heterocycles. The molecule has 1 unspecified atom stereocenters. The van der Waals surface area contributed by atoms with Crippen LogP contribution in [-0.4, -0.2) is 29.2 Å². The normalized spacial score (nSPS) is 16.3. The largest absolute Gasteiger partial charge is 0.489 e. The van der Waals surface area contributed by atoms with E-state index in [-0.39, 0.29) is 18.9 Å². The van der Waals surface area contributed by atoms with Crippen LogP contribution in [0.4, 0.5) is 0 Å². The lowest BCUT2D eigenvalue weighted by atomic mass is 10.0. The van der Waals surface area contributed by atoms with Gasteiger partial charge in [0.15, 0.2) is 0 Å². The molecule has 3 rings (SSSR count). The molecule has 0 radical (unpaired) electrons. The summed E-state index contributed by atoms with van der Waals surface area (Å²) in [5.74, 6) is -0.104. The van der Waals surface area contributed by atoms with Crippen molar-refractivity contribution in [3.63, 3.8) is 0 Å². The highest BCUT2D eigenvalue weighted by molar-refractivity contribution is 6.31. The van der Waals surface area contributed by atoms with Crippen molar-refractivity contribution in [1.29, 1.82) is 0 Å². The summed E-state index contributed by atoms with van der Waals surface area (Å²) in [7, 11) is 0. The van der Waals surface area contributed by atoms with Gasteiger partial charge in [0, 0.05) is 17.0 Å². The number of benzene rings is 2. The molecule has 1 aliphatic rings. The van der Waals surface area contributed by atoms with Crippen LogP contribution < -0.4 is 10.1 Å². The van der Waals surface area contributed by atoms with Crippen LogP contribution in [0, 0.1) is 13.8 Å². The zero-order valence-electron chi connectivity index (χ0n) is 16.4. The number of amides is 3. The predicted octanol–water partition coefficient (Wildman–Crippen LogP) is 3.30. The van der Waals surface area contributed by atoms with Gasteiger partial charge in [0.2, 0.25) is 18.2 Å². The highest BCUT2D eigenvalue weighted by Crippen LogP contribution is 2.27. The van der Waals surface area contributed by atoms with Crippen LogP contribution in [0.15, 0.2) is 36.4 Å². The van der Waals surface area contributed by atoms with Crippen molar-refractivity contribution in [2.24, 2.45) is 0 Å². The average Bonchev–Trinajstić information content (AvgIpc) is 2.69. The van der Waals surface area contributed by atoms with Gasteiger partial charge in [0.05, 0.1) is 6.54 Å². The SMILES string of the molecule is Cc1cc(COc2cccc(C)c2CN(C=O)C2CCC(=O)NC2=O)ccc1Cl. The smallest absolute Gasteiger partial charge is 0.249 e. The van der Waals surface area contributed by atoms with Crippen LogP contribution in [0.2, 0.25) is 5.02 Å². The number of rotatable bonds is 7. The maximum atomic E-state index is 12.2. The Morgan fingerprint density at radius 3 is 2.69 bits per heavy atom. The van der Waals surface area contributed by atoms with Gasteiger partial charge in [0.1, 0.15) is 18.4 Å². The van der Waals surface area contributed by atoms with Gasteiger partial charge in [-0.1, -0.05) is 35.9 Å². The Bertz CT molecular complexity index is 944. The molecule has 0 aromatic heterocycles. The minimum absolute atomic E-state index is 0.216. The molecular weight excluding hydrogens is 392 g/mol. The third kappa shape index (κ3) is 4.95. The van der Waals surface area contributed by atoms with Gasteiger partial charge >= 0.3 is 0 Å². The second-order valence-electron chi connectivity index (χ2n) is 7.17. The van der Waals surface area contributed by atoms with E-state index in [1.807, 2.05) is 50.2 Å². The fraction of sp³-hybridized carbons (Fsp3) is 0.318. The molecule has 1 aliphatic heterocycles. The summed E-state index contributed by atoms with van der Waals surface area (Å²) in [6.07, 6.45) is 1.18. The number of nitrogens with zero attached hydrogens (tertiary/aromatic N) is 1. The van der Waals surface area contributed by atoms with Crippen molar-refractivity contribution >= 4 is 29.8 Å². The molecule has 0 bridgehead atoms. The van der Waals surface area contributed by atoms with Crippen molar-refractivity contribution in [2.75, 3.05) is 0 Å². The number of ether oxygens (including phenoxy) is 1. The average molecular weight is 415 g/mol. The van der Waals surface area contributed by atoms with Crippen LogP contribution >= 0.6 is 11.6 Å². The molecule has 152 valence electrons. The number of nitrogens with one attached hydrogen (secondary N) is 1. The molecule has 0 saturated carbocycles. The lowest BCUT2D eigenvalue weighted by Gasteiger charge is -2.30. The predicted molar refractivity (Wildman–Crippen MR) is 109 cm³/mol. The van der Waals surface area contributed by atoms with E-state index in [0.29, 0.717) is 30.2 Å². The molecule has 1 fully saturated rings. The molecule has 29 heavy (non-hydrogen) atoms. The summed E-state index contributed by atoms with van der Waals surface area (Å²) in [5.41, 5.74) is 3.74. The number of carbonyl (C=O) groups excluding carboxylic acids is 3. The van der Waals surface area contributed by atoms with E-state index in [4.69, 9.17) is 16.3 Å². The first-order valence-electron chi connectivity index (χ1n) is 9.40. The Labute approximate surface area is 174 Å². The van der Waals surface area contributed by atoms with Gasteiger partial charge in [-0.3, -0.25) is 19.7 Å². The maximum absolute atomic E-state index is 12.2. The van der Waals surface area contributed by atoms with Crippen molar-refractivity contribution in [1.82, 2.24) is 10.2 Å². The fourth-order valence-corrected chi connectivity index (χ4v) is 3.49. The Morgan fingerprint density at radius 2 is 2.00 bits per heavy atom. The van der Waals surface area contributed by atoms with Gasteiger partial charge in [-0.05, 0) is 49.1 Å². The third-order valence-electron chi connectivity index (χ3n) is 5.07. The zero-order valence-corrected chi connectivity index (χ0v) is 17.2. The first kappa shape index (κ1) is 20.9. The number of hydrogen-bond acceptors (Lipinski definition) is 4. The van der Waals surface area contributed by atoms with Crippen LogP contribution in [0.1, 0.15) is 35.1 Å². The standard InChI is InChI=1S/C22H23ClN2O4/c1-14-4-3-5-20(29-12-16-6-7-18(23)15(2)10-16)17(14)11-25(13-26)19-8-9-21(27)24-22(19)28/h3-7,10,13,19H,8-9,11-12H2,1-2H3,(H,24,27,28). The molecule has 2 aromatic rings. The summed E-state index contributed by atoms with van der Waals surface area (Å²) in [4.78, 5) is 36.7. The van der Waals surface area contributed by atoms with E-state index in [1.54, 1.807) is 0 Å². The Hall–Kier alpha value is -2.86. The molecule has 3 amide bonds. The van der Waals surface area contributed by atoms with Gasteiger partial charge < -0.3 is 9.64 Å². The Balaban J connectivity index is 1.78. The molecule has 6 nitrogen and oxygen atoms in total. The van der Waals surface area contributed by atoms with Gasteiger partial charge in [0.25, 0.3) is 0 Å². The van der Waals surface area contributed by atoms with Crippen molar-refractivity contribution in [3.05, 3.63) is 63.7 Å². The van der Waals surface area contributed by atoms with Gasteiger partial charge in [-0.2, -0.15) is 0 Å².